The van der Waals surface area contributed by atoms with Gasteiger partial charge in [-0.05, 0) is 13.3 Å². The minimum atomic E-state index is -0.488. The van der Waals surface area contributed by atoms with Gasteiger partial charge in [0, 0.05) is 18.7 Å². The molecule has 14 heavy (non-hydrogen) atoms. The first-order chi connectivity index (χ1) is 6.70. The van der Waals surface area contributed by atoms with Crippen molar-refractivity contribution in [2.45, 2.75) is 26.7 Å². The fraction of sp³-hybridized carbons (Fsp3) is 0.600. The van der Waals surface area contributed by atoms with Gasteiger partial charge in [0.15, 0.2) is 0 Å². The summed E-state index contributed by atoms with van der Waals surface area (Å²) in [4.78, 5) is 21.8. The van der Waals surface area contributed by atoms with Crippen LogP contribution in [0.15, 0.2) is 12.2 Å². The van der Waals surface area contributed by atoms with Crippen molar-refractivity contribution in [3.05, 3.63) is 12.2 Å². The van der Waals surface area contributed by atoms with Gasteiger partial charge in [-0.2, -0.15) is 0 Å². The van der Waals surface area contributed by atoms with E-state index in [4.69, 9.17) is 0 Å². The van der Waals surface area contributed by atoms with Crippen LogP contribution in [0.4, 0.5) is 0 Å². The second kappa shape index (κ2) is 8.29. The van der Waals surface area contributed by atoms with Crippen LogP contribution in [0.25, 0.3) is 0 Å². The maximum absolute atomic E-state index is 11.0. The summed E-state index contributed by atoms with van der Waals surface area (Å²) in [6, 6.07) is 0. The van der Waals surface area contributed by atoms with Crippen molar-refractivity contribution in [1.29, 1.82) is 0 Å². The summed E-state index contributed by atoms with van der Waals surface area (Å²) < 4.78 is 4.61. The Morgan fingerprint density at radius 2 is 2.00 bits per heavy atom. The average molecular weight is 199 g/mol. The Labute approximate surface area is 84.3 Å². The lowest BCUT2D eigenvalue weighted by Crippen LogP contribution is -2.22. The first-order valence-electron chi connectivity index (χ1n) is 4.83. The van der Waals surface area contributed by atoms with Crippen LogP contribution in [-0.4, -0.2) is 25.0 Å². The van der Waals surface area contributed by atoms with Crippen molar-refractivity contribution in [2.24, 2.45) is 0 Å². The van der Waals surface area contributed by atoms with Gasteiger partial charge in [-0.15, -0.1) is 0 Å². The zero-order valence-corrected chi connectivity index (χ0v) is 8.71. The molecular weight excluding hydrogens is 182 g/mol. The Hall–Kier alpha value is -1.32. The molecule has 4 heteroatoms. The Balaban J connectivity index is 3.64. The van der Waals surface area contributed by atoms with Crippen molar-refractivity contribution in [1.82, 2.24) is 5.32 Å². The van der Waals surface area contributed by atoms with Crippen LogP contribution in [0.1, 0.15) is 26.7 Å². The summed E-state index contributed by atoms with van der Waals surface area (Å²) in [5, 5.41) is 2.65. The van der Waals surface area contributed by atoms with Crippen LogP contribution in [0.2, 0.25) is 0 Å². The number of hydrogen-bond acceptors (Lipinski definition) is 3. The maximum atomic E-state index is 11.0. The quantitative estimate of drug-likeness (QED) is 0.395. The SMILES string of the molecule is CCCCNC(=O)C=CC(=O)OCC. The van der Waals surface area contributed by atoms with Crippen LogP contribution in [0.5, 0.6) is 0 Å². The molecule has 0 unspecified atom stereocenters. The molecule has 0 heterocycles. The van der Waals surface area contributed by atoms with Crippen molar-refractivity contribution in [2.75, 3.05) is 13.2 Å². The molecule has 0 saturated heterocycles. The molecular formula is C10H17NO3. The predicted molar refractivity (Wildman–Crippen MR) is 53.7 cm³/mol. The molecule has 0 aliphatic carbocycles. The largest absolute Gasteiger partial charge is 0.463 e. The molecule has 1 N–H and O–H groups in total. The summed E-state index contributed by atoms with van der Waals surface area (Å²) in [6.07, 6.45) is 4.29. The van der Waals surface area contributed by atoms with E-state index in [9.17, 15) is 9.59 Å². The molecule has 4 nitrogen and oxygen atoms in total. The molecule has 0 aliphatic heterocycles. The molecule has 1 amide bonds. The second-order valence-corrected chi connectivity index (χ2v) is 2.73. The third-order valence-corrected chi connectivity index (χ3v) is 1.49. The van der Waals surface area contributed by atoms with Crippen molar-refractivity contribution < 1.29 is 14.3 Å². The molecule has 0 aromatic rings. The summed E-state index contributed by atoms with van der Waals surface area (Å²) in [5.41, 5.74) is 0. The molecule has 0 aliphatic rings. The molecule has 0 bridgehead atoms. The van der Waals surface area contributed by atoms with E-state index in [1.807, 2.05) is 6.92 Å². The monoisotopic (exact) mass is 199 g/mol. The summed E-state index contributed by atoms with van der Waals surface area (Å²) in [5.74, 6) is -0.746. The zero-order chi connectivity index (χ0) is 10.8. The number of ether oxygens (including phenoxy) is 1. The minimum absolute atomic E-state index is 0.258. The van der Waals surface area contributed by atoms with Crippen molar-refractivity contribution >= 4 is 11.9 Å². The van der Waals surface area contributed by atoms with Gasteiger partial charge in [0.2, 0.25) is 5.91 Å². The van der Waals surface area contributed by atoms with E-state index in [1.165, 1.54) is 6.08 Å². The third-order valence-electron chi connectivity index (χ3n) is 1.49. The molecule has 0 rings (SSSR count). The first kappa shape index (κ1) is 12.7. The predicted octanol–water partition coefficient (Wildman–Crippen LogP) is 1.02. The van der Waals surface area contributed by atoms with Crippen LogP contribution in [0.3, 0.4) is 0 Å². The molecule has 0 saturated carbocycles. The topological polar surface area (TPSA) is 55.4 Å². The highest BCUT2D eigenvalue weighted by Crippen LogP contribution is 1.84. The van der Waals surface area contributed by atoms with Gasteiger partial charge in [0.1, 0.15) is 0 Å². The lowest BCUT2D eigenvalue weighted by molar-refractivity contribution is -0.137. The van der Waals surface area contributed by atoms with Gasteiger partial charge in [-0.3, -0.25) is 4.79 Å². The average Bonchev–Trinajstić information content (AvgIpc) is 2.16. The van der Waals surface area contributed by atoms with Crippen molar-refractivity contribution in [3.8, 4) is 0 Å². The standard InChI is InChI=1S/C10H17NO3/c1-3-5-8-11-9(12)6-7-10(13)14-4-2/h6-7H,3-5,8H2,1-2H3,(H,11,12). The molecule has 0 atom stereocenters. The van der Waals surface area contributed by atoms with Gasteiger partial charge in [-0.25, -0.2) is 4.79 Å². The highest BCUT2D eigenvalue weighted by atomic mass is 16.5. The van der Waals surface area contributed by atoms with E-state index in [0.717, 1.165) is 18.9 Å². The fourth-order valence-electron chi connectivity index (χ4n) is 0.781. The lowest BCUT2D eigenvalue weighted by Gasteiger charge is -1.99. The summed E-state index contributed by atoms with van der Waals surface area (Å²) in [7, 11) is 0. The van der Waals surface area contributed by atoms with Crippen LogP contribution in [-0.2, 0) is 14.3 Å². The van der Waals surface area contributed by atoms with E-state index in [-0.39, 0.29) is 5.91 Å². The smallest absolute Gasteiger partial charge is 0.330 e. The summed E-state index contributed by atoms with van der Waals surface area (Å²) >= 11 is 0. The highest BCUT2D eigenvalue weighted by molar-refractivity contribution is 5.94. The van der Waals surface area contributed by atoms with E-state index < -0.39 is 5.97 Å². The van der Waals surface area contributed by atoms with E-state index in [2.05, 4.69) is 10.1 Å². The molecule has 0 spiro atoms. The highest BCUT2D eigenvalue weighted by Gasteiger charge is 1.97. The number of carbonyl (C=O) groups excluding carboxylic acids is 2. The van der Waals surface area contributed by atoms with Gasteiger partial charge in [0.05, 0.1) is 6.61 Å². The number of carbonyl (C=O) groups is 2. The molecule has 0 fully saturated rings. The zero-order valence-electron chi connectivity index (χ0n) is 8.71. The molecule has 0 aromatic heterocycles. The van der Waals surface area contributed by atoms with E-state index >= 15 is 0 Å². The van der Waals surface area contributed by atoms with E-state index in [1.54, 1.807) is 6.92 Å². The Morgan fingerprint density at radius 1 is 1.29 bits per heavy atom. The van der Waals surface area contributed by atoms with E-state index in [0.29, 0.717) is 13.2 Å². The second-order valence-electron chi connectivity index (χ2n) is 2.73. The van der Waals surface area contributed by atoms with Gasteiger partial charge in [-0.1, -0.05) is 13.3 Å². The number of amides is 1. The lowest BCUT2D eigenvalue weighted by atomic mass is 10.3. The Kier molecular flexibility index (Phi) is 7.50. The first-order valence-corrected chi connectivity index (χ1v) is 4.83. The van der Waals surface area contributed by atoms with Crippen LogP contribution < -0.4 is 5.32 Å². The number of rotatable bonds is 6. The van der Waals surface area contributed by atoms with Gasteiger partial charge < -0.3 is 10.1 Å². The Morgan fingerprint density at radius 3 is 2.57 bits per heavy atom. The molecule has 0 aromatic carbocycles. The Bertz CT molecular complexity index is 211. The number of unbranched alkanes of at least 4 members (excludes halogenated alkanes) is 1. The summed E-state index contributed by atoms with van der Waals surface area (Å²) in [6.45, 7) is 4.72. The van der Waals surface area contributed by atoms with Crippen LogP contribution in [0, 0.1) is 0 Å². The van der Waals surface area contributed by atoms with Crippen LogP contribution >= 0.6 is 0 Å². The van der Waals surface area contributed by atoms with Gasteiger partial charge >= 0.3 is 5.97 Å². The number of esters is 1. The van der Waals surface area contributed by atoms with Crippen molar-refractivity contribution in [3.63, 3.8) is 0 Å². The molecule has 0 radical (unpaired) electrons. The maximum Gasteiger partial charge on any atom is 0.330 e. The molecule has 80 valence electrons. The minimum Gasteiger partial charge on any atom is -0.463 e. The fourth-order valence-corrected chi connectivity index (χ4v) is 0.781. The normalized spacial score (nSPS) is 10.1. The third kappa shape index (κ3) is 7.34. The number of nitrogens with one attached hydrogen (secondary N) is 1. The van der Waals surface area contributed by atoms with Gasteiger partial charge in [0.25, 0.3) is 0 Å². The number of hydrogen-bond donors (Lipinski definition) is 1.